The van der Waals surface area contributed by atoms with Crippen molar-refractivity contribution in [1.29, 1.82) is 0 Å². The summed E-state index contributed by atoms with van der Waals surface area (Å²) in [5, 5.41) is 15.4. The van der Waals surface area contributed by atoms with Gasteiger partial charge in [0.15, 0.2) is 11.5 Å². The molecule has 4 aromatic heterocycles. The molecule has 43 heavy (non-hydrogen) atoms. The first-order chi connectivity index (χ1) is 20.9. The molecule has 2 N–H and O–H groups in total. The number of hydrogen-bond acceptors (Lipinski definition) is 7. The van der Waals surface area contributed by atoms with E-state index in [4.69, 9.17) is 28.2 Å². The maximum absolute atomic E-state index is 9.87. The Bertz CT molecular complexity index is 1980. The van der Waals surface area contributed by atoms with E-state index in [1.54, 1.807) is 18.6 Å². The van der Waals surface area contributed by atoms with Gasteiger partial charge in [0.2, 0.25) is 0 Å². The van der Waals surface area contributed by atoms with Crippen molar-refractivity contribution in [2.75, 3.05) is 18.4 Å². The molecule has 1 aliphatic heterocycles. The zero-order valence-corrected chi connectivity index (χ0v) is 26.0. The van der Waals surface area contributed by atoms with Crippen LogP contribution in [-0.2, 0) is 13.0 Å². The third-order valence-corrected chi connectivity index (χ3v) is 9.18. The topological polar surface area (TPSA) is 91.5 Å². The van der Waals surface area contributed by atoms with Gasteiger partial charge in [-0.05, 0) is 51.7 Å². The van der Waals surface area contributed by atoms with Crippen LogP contribution >= 0.6 is 39.1 Å². The highest BCUT2D eigenvalue weighted by Crippen LogP contribution is 2.40. The van der Waals surface area contributed by atoms with Gasteiger partial charge in [0.1, 0.15) is 10.1 Å². The second-order valence-electron chi connectivity index (χ2n) is 10.6. The summed E-state index contributed by atoms with van der Waals surface area (Å²) in [5.74, 6) is 0.615. The lowest BCUT2D eigenvalue weighted by atomic mass is 10.00. The normalized spacial score (nSPS) is 15.5. The van der Waals surface area contributed by atoms with Gasteiger partial charge < -0.3 is 10.4 Å². The minimum absolute atomic E-state index is 0.247. The molecule has 7 rings (SSSR count). The van der Waals surface area contributed by atoms with Crippen LogP contribution in [0.3, 0.4) is 0 Å². The smallest absolute Gasteiger partial charge is 0.159 e. The van der Waals surface area contributed by atoms with Gasteiger partial charge in [-0.2, -0.15) is 0 Å². The van der Waals surface area contributed by atoms with E-state index in [2.05, 4.69) is 47.2 Å². The summed E-state index contributed by atoms with van der Waals surface area (Å²) in [5.41, 5.74) is 6.70. The molecule has 216 valence electrons. The van der Waals surface area contributed by atoms with E-state index in [0.717, 1.165) is 68.6 Å². The van der Waals surface area contributed by atoms with Gasteiger partial charge >= 0.3 is 0 Å². The molecule has 6 aromatic rings. The molecule has 1 aliphatic rings. The van der Waals surface area contributed by atoms with Crippen LogP contribution in [0.25, 0.3) is 27.7 Å². The van der Waals surface area contributed by atoms with E-state index in [9.17, 15) is 5.11 Å². The number of aromatic nitrogens is 5. The van der Waals surface area contributed by atoms with Gasteiger partial charge in [0.05, 0.1) is 33.7 Å². The fraction of sp³-hybridized carbons (Fsp3) is 0.188. The summed E-state index contributed by atoms with van der Waals surface area (Å²) in [6.07, 6.45) is 10.1. The monoisotopic (exact) mass is 673 g/mol. The number of nitrogens with one attached hydrogen (secondary N) is 1. The number of imidazole rings is 1. The van der Waals surface area contributed by atoms with Gasteiger partial charge in [0.25, 0.3) is 0 Å². The lowest BCUT2D eigenvalue weighted by Gasteiger charge is -2.16. The first-order valence-corrected chi connectivity index (χ1v) is 15.4. The number of pyridine rings is 2. The summed E-state index contributed by atoms with van der Waals surface area (Å²) in [4.78, 5) is 20.6. The molecule has 0 aliphatic carbocycles. The predicted molar refractivity (Wildman–Crippen MR) is 174 cm³/mol. The van der Waals surface area contributed by atoms with E-state index >= 15 is 0 Å². The highest BCUT2D eigenvalue weighted by Gasteiger charge is 2.21. The maximum Gasteiger partial charge on any atom is 0.159 e. The Hall–Kier alpha value is -3.60. The van der Waals surface area contributed by atoms with Gasteiger partial charge in [0, 0.05) is 67.4 Å². The van der Waals surface area contributed by atoms with Crippen LogP contribution in [0.1, 0.15) is 23.2 Å². The molecule has 5 heterocycles. The van der Waals surface area contributed by atoms with Crippen molar-refractivity contribution in [2.45, 2.75) is 25.5 Å². The van der Waals surface area contributed by atoms with E-state index in [1.807, 2.05) is 59.3 Å². The Morgan fingerprint density at radius 2 is 1.79 bits per heavy atom. The average Bonchev–Trinajstić information content (AvgIpc) is 3.60. The number of nitrogens with zero attached hydrogens (tertiary/aromatic N) is 6. The van der Waals surface area contributed by atoms with Crippen LogP contribution in [-0.4, -0.2) is 53.5 Å². The zero-order valence-electron chi connectivity index (χ0n) is 22.9. The molecular formula is C32H26BrCl2N7O. The number of benzene rings is 2. The average molecular weight is 675 g/mol. The minimum Gasteiger partial charge on any atom is -0.392 e. The molecule has 1 atom stereocenters. The largest absolute Gasteiger partial charge is 0.392 e. The molecule has 0 amide bonds. The molecule has 0 spiro atoms. The molecule has 0 unspecified atom stereocenters. The quantitative estimate of drug-likeness (QED) is 0.184. The molecule has 11 heteroatoms. The Morgan fingerprint density at radius 3 is 2.63 bits per heavy atom. The molecule has 1 fully saturated rings. The molecule has 0 bridgehead atoms. The third kappa shape index (κ3) is 5.59. The number of aliphatic hydroxyl groups is 1. The molecular weight excluding hydrogens is 649 g/mol. The van der Waals surface area contributed by atoms with E-state index in [-0.39, 0.29) is 6.10 Å². The maximum atomic E-state index is 9.87. The number of β-amino-alcohol motifs (C(OH)–C–C–N with tert-alkyl or cyclic N) is 1. The lowest BCUT2D eigenvalue weighted by Crippen LogP contribution is -2.21. The molecule has 0 radical (unpaired) electrons. The van der Waals surface area contributed by atoms with Crippen LogP contribution in [0.2, 0.25) is 10.0 Å². The highest BCUT2D eigenvalue weighted by molar-refractivity contribution is 9.10. The van der Waals surface area contributed by atoms with Crippen molar-refractivity contribution in [3.8, 4) is 11.1 Å². The number of halogens is 3. The Labute approximate surface area is 266 Å². The summed E-state index contributed by atoms with van der Waals surface area (Å²) in [6, 6.07) is 15.8. The lowest BCUT2D eigenvalue weighted by molar-refractivity contribution is 0.175. The molecule has 1 saturated heterocycles. The summed E-state index contributed by atoms with van der Waals surface area (Å²) >= 11 is 17.6. The van der Waals surface area contributed by atoms with Crippen LogP contribution in [0.5, 0.6) is 0 Å². The van der Waals surface area contributed by atoms with E-state index < -0.39 is 0 Å². The van der Waals surface area contributed by atoms with Gasteiger partial charge in [-0.1, -0.05) is 53.5 Å². The van der Waals surface area contributed by atoms with Crippen molar-refractivity contribution < 1.29 is 5.11 Å². The van der Waals surface area contributed by atoms with Crippen molar-refractivity contribution in [3.05, 3.63) is 111 Å². The Morgan fingerprint density at radius 1 is 0.953 bits per heavy atom. The van der Waals surface area contributed by atoms with Crippen molar-refractivity contribution >= 4 is 67.2 Å². The Kier molecular flexibility index (Phi) is 7.75. The van der Waals surface area contributed by atoms with Gasteiger partial charge in [-0.3, -0.25) is 19.3 Å². The Balaban J connectivity index is 1.17. The van der Waals surface area contributed by atoms with Gasteiger partial charge in [-0.25, -0.2) is 9.97 Å². The van der Waals surface area contributed by atoms with Crippen molar-refractivity contribution in [3.63, 3.8) is 0 Å². The minimum atomic E-state index is -0.247. The summed E-state index contributed by atoms with van der Waals surface area (Å²) in [6.45, 7) is 2.33. The second kappa shape index (κ2) is 11.8. The van der Waals surface area contributed by atoms with Crippen molar-refractivity contribution in [1.82, 2.24) is 29.2 Å². The number of rotatable bonds is 7. The second-order valence-corrected chi connectivity index (χ2v) is 12.2. The summed E-state index contributed by atoms with van der Waals surface area (Å²) < 4.78 is 2.81. The van der Waals surface area contributed by atoms with Crippen LogP contribution in [0.4, 0.5) is 11.5 Å². The van der Waals surface area contributed by atoms with Crippen LogP contribution in [0.15, 0.2) is 84.1 Å². The van der Waals surface area contributed by atoms with E-state index in [1.165, 1.54) is 0 Å². The number of fused-ring (bicyclic) bond motifs is 2. The molecule has 0 saturated carbocycles. The number of aliphatic hydroxyl groups excluding tert-OH is 1. The van der Waals surface area contributed by atoms with E-state index in [0.29, 0.717) is 34.5 Å². The molecule has 2 aromatic carbocycles. The fourth-order valence-electron chi connectivity index (χ4n) is 5.63. The third-order valence-electron chi connectivity index (χ3n) is 7.74. The zero-order chi connectivity index (χ0) is 29.5. The first-order valence-electron chi connectivity index (χ1n) is 13.9. The SMILES string of the molecule is O[C@@H]1CCN(Cc2cnc3c(Nc4cccc(-c5cccc(Cc6nccn7c(Br)cnc67)c5Cl)c4Cl)nccc3c2)C1. The molecule has 8 nitrogen and oxygen atoms in total. The number of likely N-dealkylation sites (tertiary alicyclic amines) is 1. The standard InChI is InChI=1S/C32H26BrCl2N7O/c33-27-16-39-32-26(36-10-12-42(27)32)14-20-3-1-4-23(28(20)34)24-5-2-6-25(29(24)35)40-31-30-21(7-9-37-31)13-19(15-38-30)17-41-11-8-22(43)18-41/h1-7,9-10,12-13,15-16,22,43H,8,11,14,17-18H2,(H,37,40)/t22-/m1/s1. The first kappa shape index (κ1) is 28.2. The number of anilines is 2. The van der Waals surface area contributed by atoms with Crippen LogP contribution < -0.4 is 5.32 Å². The van der Waals surface area contributed by atoms with Crippen LogP contribution in [0, 0.1) is 0 Å². The number of hydrogen-bond donors (Lipinski definition) is 2. The highest BCUT2D eigenvalue weighted by atomic mass is 79.9. The summed E-state index contributed by atoms with van der Waals surface area (Å²) in [7, 11) is 0. The predicted octanol–water partition coefficient (Wildman–Crippen LogP) is 7.31. The fourth-order valence-corrected chi connectivity index (χ4v) is 6.59. The van der Waals surface area contributed by atoms with Crippen molar-refractivity contribution in [2.24, 2.45) is 0 Å². The van der Waals surface area contributed by atoms with Gasteiger partial charge in [-0.15, -0.1) is 0 Å².